The van der Waals surface area contributed by atoms with Gasteiger partial charge in [0.1, 0.15) is 0 Å². The Morgan fingerprint density at radius 3 is 1.17 bits per heavy atom. The molecule has 0 aromatic carbocycles. The Morgan fingerprint density at radius 1 is 0.739 bits per heavy atom. The summed E-state index contributed by atoms with van der Waals surface area (Å²) >= 11 is -0.842. The first-order valence-electron chi connectivity index (χ1n) is 7.75. The van der Waals surface area contributed by atoms with Gasteiger partial charge in [0.25, 0.3) is 0 Å². The van der Waals surface area contributed by atoms with E-state index in [0.717, 1.165) is 0 Å². The molecule has 0 aromatic rings. The van der Waals surface area contributed by atoms with E-state index in [4.69, 9.17) is 9.59 Å². The summed E-state index contributed by atoms with van der Waals surface area (Å²) in [6, 6.07) is 0. The first-order chi connectivity index (χ1) is 10.7. The quantitative estimate of drug-likeness (QED) is 0.374. The van der Waals surface area contributed by atoms with Gasteiger partial charge in [0.15, 0.2) is 0 Å². The molecule has 0 aromatic heterocycles. The van der Waals surface area contributed by atoms with E-state index in [1.54, 1.807) is 0 Å². The second-order valence-electron chi connectivity index (χ2n) is 6.10. The summed E-state index contributed by atoms with van der Waals surface area (Å²) in [6.07, 6.45) is 3.92. The molecule has 136 valence electrons. The van der Waals surface area contributed by atoms with Gasteiger partial charge in [-0.2, -0.15) is 0 Å². The Labute approximate surface area is 149 Å². The van der Waals surface area contributed by atoms with Gasteiger partial charge in [-0.05, 0) is 0 Å². The Hall–Kier alpha value is -1.14. The van der Waals surface area contributed by atoms with Gasteiger partial charge >= 0.3 is 34.8 Å². The van der Waals surface area contributed by atoms with Crippen LogP contribution >= 0.6 is 0 Å². The fraction of sp³-hybridized carbons (Fsp3) is 0.667. The minimum atomic E-state index is -0.842. The van der Waals surface area contributed by atoms with Gasteiger partial charge in [-0.25, -0.2) is 0 Å². The van der Waals surface area contributed by atoms with Crippen LogP contribution in [0.25, 0.3) is 0 Å². The number of hydrogen-bond acceptors (Lipinski definition) is 4. The topological polar surface area (TPSA) is 58.9 Å². The number of rotatable bonds is 6. The monoisotopic (exact) mass is 410 g/mol. The maximum atomic E-state index is 9.06. The van der Waals surface area contributed by atoms with Crippen molar-refractivity contribution in [2.45, 2.75) is 55.4 Å². The third-order valence-electron chi connectivity index (χ3n) is 1.61. The molecule has 5 heteroatoms. The SMILES string of the molecule is CC(C)C=N[CH-]C(C)C.CC(C)C=N[CH-]C(C)C.O=[C]=[Ru]=[C]=O. The number of hydrogen-bond donors (Lipinski definition) is 0. The van der Waals surface area contributed by atoms with Crippen molar-refractivity contribution in [3.63, 3.8) is 0 Å². The Kier molecular flexibility index (Phi) is 24.3. The molecule has 0 amide bonds. The zero-order valence-corrected chi connectivity index (χ0v) is 17.4. The van der Waals surface area contributed by atoms with Crippen LogP contribution in [0.2, 0.25) is 0 Å². The molecule has 0 aliphatic heterocycles. The molecule has 0 unspecified atom stereocenters. The van der Waals surface area contributed by atoms with Crippen molar-refractivity contribution in [2.24, 2.45) is 33.7 Å². The average Bonchev–Trinajstić information content (AvgIpc) is 2.39. The van der Waals surface area contributed by atoms with Gasteiger partial charge in [0.05, 0.1) is 0 Å². The Morgan fingerprint density at radius 2 is 1.04 bits per heavy atom. The number of carbonyl (C=O) groups excluding carboxylic acids is 2. The fourth-order valence-electron chi connectivity index (χ4n) is 0.803. The van der Waals surface area contributed by atoms with Crippen LogP contribution in [0.4, 0.5) is 0 Å². The van der Waals surface area contributed by atoms with Crippen LogP contribution in [0.15, 0.2) is 9.98 Å². The Balaban J connectivity index is -0.000000273. The van der Waals surface area contributed by atoms with Crippen molar-refractivity contribution in [2.75, 3.05) is 0 Å². The van der Waals surface area contributed by atoms with Crippen LogP contribution < -0.4 is 0 Å². The van der Waals surface area contributed by atoms with Crippen LogP contribution in [-0.4, -0.2) is 21.4 Å². The number of nitrogens with zero attached hydrogens (tertiary/aromatic N) is 2. The van der Waals surface area contributed by atoms with Gasteiger partial charge in [0.2, 0.25) is 0 Å². The third kappa shape index (κ3) is 44.9. The average molecular weight is 410 g/mol. The van der Waals surface area contributed by atoms with E-state index in [0.29, 0.717) is 23.7 Å². The molecule has 0 rings (SSSR count). The third-order valence-corrected chi connectivity index (χ3v) is 1.96. The molecule has 0 spiro atoms. The zero-order chi connectivity index (χ0) is 18.7. The molecule has 0 atom stereocenters. The van der Waals surface area contributed by atoms with E-state index >= 15 is 0 Å². The summed E-state index contributed by atoms with van der Waals surface area (Å²) < 4.78 is 2.87. The summed E-state index contributed by atoms with van der Waals surface area (Å²) in [6.45, 7) is 20.9. The normalized spacial score (nSPS) is 10.3. The van der Waals surface area contributed by atoms with Crippen molar-refractivity contribution in [1.29, 1.82) is 0 Å². The van der Waals surface area contributed by atoms with Gasteiger partial charge in [-0.3, -0.25) is 0 Å². The van der Waals surface area contributed by atoms with E-state index in [9.17, 15) is 0 Å². The summed E-state index contributed by atoms with van der Waals surface area (Å²) in [5.41, 5.74) is 0. The molecule has 0 N–H and O–H groups in total. The molecule has 0 saturated heterocycles. The number of aliphatic imine (C=N–C) groups is 2. The maximum absolute atomic E-state index is 9.06. The molecule has 4 nitrogen and oxygen atoms in total. The van der Waals surface area contributed by atoms with Crippen molar-refractivity contribution < 1.29 is 25.8 Å². The second-order valence-corrected chi connectivity index (χ2v) is 7.25. The van der Waals surface area contributed by atoms with Gasteiger partial charge in [-0.1, -0.05) is 79.1 Å². The van der Waals surface area contributed by atoms with E-state index in [2.05, 4.69) is 65.4 Å². The molecule has 0 bridgehead atoms. The van der Waals surface area contributed by atoms with E-state index in [1.807, 2.05) is 25.5 Å². The summed E-state index contributed by atoms with van der Waals surface area (Å²) in [7, 11) is 0. The minimum absolute atomic E-state index is 0.569. The standard InChI is InChI=1S/2C8H16N.2CO.Ru/c2*1-7(2)5-9-6-8(3)4;2*1-2;/h2*5-8H,1-4H3;;;/q2*-1;;;. The molecule has 0 fully saturated rings. The van der Waals surface area contributed by atoms with Gasteiger partial charge < -0.3 is 9.98 Å². The fourth-order valence-corrected chi connectivity index (χ4v) is 0.875. The molecule has 0 aliphatic rings. The van der Waals surface area contributed by atoms with Crippen LogP contribution in [0, 0.1) is 36.8 Å². The molecule has 23 heavy (non-hydrogen) atoms. The second kappa shape index (κ2) is 20.9. The summed E-state index contributed by atoms with van der Waals surface area (Å²) in [4.78, 5) is 26.4. The van der Waals surface area contributed by atoms with Crippen LogP contribution in [0.5, 0.6) is 0 Å². The Bertz CT molecular complexity index is 375. The molecular weight excluding hydrogens is 377 g/mol. The van der Waals surface area contributed by atoms with Crippen molar-refractivity contribution in [1.82, 2.24) is 0 Å². The first-order valence-corrected chi connectivity index (χ1v) is 9.48. The van der Waals surface area contributed by atoms with Crippen molar-refractivity contribution in [3.05, 3.63) is 13.1 Å². The summed E-state index contributed by atoms with van der Waals surface area (Å²) in [5.74, 6) is 2.28. The predicted molar refractivity (Wildman–Crippen MR) is 96.3 cm³/mol. The molecule has 0 heterocycles. The van der Waals surface area contributed by atoms with Gasteiger partial charge in [0, 0.05) is 0 Å². The van der Waals surface area contributed by atoms with E-state index in [1.165, 1.54) is 8.95 Å². The van der Waals surface area contributed by atoms with Gasteiger partial charge in [-0.15, -0.1) is 25.5 Å². The van der Waals surface area contributed by atoms with E-state index in [-0.39, 0.29) is 0 Å². The molecule has 0 aliphatic carbocycles. The van der Waals surface area contributed by atoms with Crippen LogP contribution in [-0.2, 0) is 25.8 Å². The predicted octanol–water partition coefficient (Wildman–Crippen LogP) is 4.27. The van der Waals surface area contributed by atoms with E-state index < -0.39 is 16.2 Å². The van der Waals surface area contributed by atoms with Crippen molar-refractivity contribution in [3.8, 4) is 0 Å². The van der Waals surface area contributed by atoms with Crippen molar-refractivity contribution >= 4 is 21.4 Å². The van der Waals surface area contributed by atoms with Crippen LogP contribution in [0.3, 0.4) is 0 Å². The zero-order valence-electron chi connectivity index (χ0n) is 15.7. The molecule has 0 radical (unpaired) electrons. The molecule has 0 saturated carbocycles. The first kappa shape index (κ1) is 26.7. The summed E-state index contributed by atoms with van der Waals surface area (Å²) in [5, 5.41) is 0. The molecular formula is C18H32N2O2Ru-2. The van der Waals surface area contributed by atoms with Crippen LogP contribution in [0.1, 0.15) is 55.4 Å².